The average Bonchev–Trinajstić information content (AvgIpc) is 2.45. The molecule has 4 heteroatoms. The molecule has 3 atom stereocenters. The molecule has 1 aliphatic carbocycles. The molecule has 0 spiro atoms. The van der Waals surface area contributed by atoms with Gasteiger partial charge in [0.1, 0.15) is 5.82 Å². The molecule has 1 aromatic rings. The Hall–Kier alpha value is -1.00. The Kier molecular flexibility index (Phi) is 5.49. The van der Waals surface area contributed by atoms with Gasteiger partial charge < -0.3 is 10.0 Å². The summed E-state index contributed by atoms with van der Waals surface area (Å²) in [5, 5.41) is 10.1. The summed E-state index contributed by atoms with van der Waals surface area (Å²) in [7, 11) is 2.14. The van der Waals surface area contributed by atoms with E-state index in [4.69, 9.17) is 0 Å². The largest absolute Gasteiger partial charge is 0.387 e. The minimum atomic E-state index is -0.614. The Bertz CT molecular complexity index is 409. The van der Waals surface area contributed by atoms with Gasteiger partial charge in [-0.2, -0.15) is 0 Å². The lowest BCUT2D eigenvalue weighted by Crippen LogP contribution is -2.39. The van der Waals surface area contributed by atoms with Crippen LogP contribution < -0.4 is 0 Å². The van der Waals surface area contributed by atoms with Crippen LogP contribution in [0.5, 0.6) is 0 Å². The number of rotatable bonds is 5. The van der Waals surface area contributed by atoms with Crippen LogP contribution in [0.15, 0.2) is 18.3 Å². The van der Waals surface area contributed by atoms with Gasteiger partial charge in [-0.3, -0.25) is 4.98 Å². The van der Waals surface area contributed by atoms with Crippen LogP contribution in [0, 0.1) is 11.7 Å². The molecule has 1 N–H and O–H groups in total. The maximum atomic E-state index is 12.8. The van der Waals surface area contributed by atoms with Gasteiger partial charge in [-0.15, -0.1) is 0 Å². The quantitative estimate of drug-likeness (QED) is 0.900. The van der Waals surface area contributed by atoms with E-state index >= 15 is 0 Å². The summed E-state index contributed by atoms with van der Waals surface area (Å²) in [5.41, 5.74) is 0.552. The monoisotopic (exact) mass is 280 g/mol. The highest BCUT2D eigenvalue weighted by atomic mass is 19.1. The number of halogens is 1. The maximum Gasteiger partial charge on any atom is 0.141 e. The van der Waals surface area contributed by atoms with Crippen molar-refractivity contribution in [3.05, 3.63) is 29.8 Å². The molecule has 0 amide bonds. The van der Waals surface area contributed by atoms with Crippen LogP contribution in [-0.2, 0) is 0 Å². The van der Waals surface area contributed by atoms with Crippen LogP contribution in [0.4, 0.5) is 4.39 Å². The Morgan fingerprint density at radius 2 is 2.15 bits per heavy atom. The molecule has 1 aromatic heterocycles. The first-order valence-corrected chi connectivity index (χ1v) is 7.57. The van der Waals surface area contributed by atoms with Gasteiger partial charge >= 0.3 is 0 Å². The van der Waals surface area contributed by atoms with E-state index in [1.807, 2.05) is 0 Å². The molecule has 3 unspecified atom stereocenters. The molecule has 3 nitrogen and oxygen atoms in total. The third-order valence-corrected chi connectivity index (χ3v) is 4.48. The fourth-order valence-corrected chi connectivity index (χ4v) is 3.18. The smallest absolute Gasteiger partial charge is 0.141 e. The van der Waals surface area contributed by atoms with E-state index in [1.165, 1.54) is 31.7 Å². The lowest BCUT2D eigenvalue weighted by Gasteiger charge is -2.36. The molecule has 1 heterocycles. The second kappa shape index (κ2) is 7.14. The highest BCUT2D eigenvalue weighted by Gasteiger charge is 2.25. The third-order valence-electron chi connectivity index (χ3n) is 4.48. The molecular formula is C16H25FN2O. The van der Waals surface area contributed by atoms with Crippen molar-refractivity contribution in [3.63, 3.8) is 0 Å². The van der Waals surface area contributed by atoms with Crippen molar-refractivity contribution < 1.29 is 9.50 Å². The van der Waals surface area contributed by atoms with E-state index < -0.39 is 6.10 Å². The van der Waals surface area contributed by atoms with Crippen LogP contribution in [0.25, 0.3) is 0 Å². The Morgan fingerprint density at radius 3 is 2.80 bits per heavy atom. The fourth-order valence-electron chi connectivity index (χ4n) is 3.18. The molecule has 0 radical (unpaired) electrons. The summed E-state index contributed by atoms with van der Waals surface area (Å²) in [6, 6.07) is 3.53. The number of pyridine rings is 1. The van der Waals surface area contributed by atoms with E-state index in [9.17, 15) is 9.50 Å². The van der Waals surface area contributed by atoms with Gasteiger partial charge in [0, 0.05) is 12.6 Å². The van der Waals surface area contributed by atoms with Crippen LogP contribution in [0.3, 0.4) is 0 Å². The second-order valence-corrected chi connectivity index (χ2v) is 6.02. The zero-order chi connectivity index (χ0) is 14.5. The number of hydrogen-bond donors (Lipinski definition) is 1. The minimum absolute atomic E-state index is 0.367. The molecule has 112 valence electrons. The zero-order valence-electron chi connectivity index (χ0n) is 12.4. The van der Waals surface area contributed by atoms with Gasteiger partial charge in [0.05, 0.1) is 18.0 Å². The Morgan fingerprint density at radius 1 is 1.40 bits per heavy atom. The molecule has 0 bridgehead atoms. The number of aromatic nitrogens is 1. The van der Waals surface area contributed by atoms with E-state index in [2.05, 4.69) is 23.9 Å². The van der Waals surface area contributed by atoms with Crippen molar-refractivity contribution in [1.82, 2.24) is 9.88 Å². The fraction of sp³-hybridized carbons (Fsp3) is 0.688. The standard InChI is InChI=1S/C16H25FN2O/c1-12-5-3-4-6-15(12)19(2)10-9-16(20)14-8-7-13(17)11-18-14/h7-8,11-12,15-16,20H,3-6,9-10H2,1-2H3. The summed E-state index contributed by atoms with van der Waals surface area (Å²) < 4.78 is 12.8. The van der Waals surface area contributed by atoms with Gasteiger partial charge in [-0.05, 0) is 44.4 Å². The molecule has 2 rings (SSSR count). The predicted molar refractivity (Wildman–Crippen MR) is 77.8 cm³/mol. The van der Waals surface area contributed by atoms with Crippen molar-refractivity contribution in [2.24, 2.45) is 5.92 Å². The SMILES string of the molecule is CC1CCCCC1N(C)CCC(O)c1ccc(F)cn1. The van der Waals surface area contributed by atoms with Crippen LogP contribution >= 0.6 is 0 Å². The number of aliphatic hydroxyl groups excluding tert-OH is 1. The average molecular weight is 280 g/mol. The van der Waals surface area contributed by atoms with E-state index in [1.54, 1.807) is 6.07 Å². The van der Waals surface area contributed by atoms with Gasteiger partial charge in [-0.25, -0.2) is 4.39 Å². The van der Waals surface area contributed by atoms with Gasteiger partial charge in [0.15, 0.2) is 0 Å². The normalized spacial score (nSPS) is 24.9. The van der Waals surface area contributed by atoms with E-state index in [0.717, 1.165) is 18.7 Å². The molecule has 1 saturated carbocycles. The highest BCUT2D eigenvalue weighted by molar-refractivity contribution is 5.07. The first kappa shape index (κ1) is 15.4. The summed E-state index contributed by atoms with van der Waals surface area (Å²) in [5.74, 6) is 0.365. The van der Waals surface area contributed by atoms with Gasteiger partial charge in [0.2, 0.25) is 0 Å². The molecular weight excluding hydrogens is 255 g/mol. The first-order chi connectivity index (χ1) is 9.58. The molecule has 0 aliphatic heterocycles. The molecule has 20 heavy (non-hydrogen) atoms. The second-order valence-electron chi connectivity index (χ2n) is 6.02. The van der Waals surface area contributed by atoms with Crippen LogP contribution in [0.1, 0.15) is 50.8 Å². The minimum Gasteiger partial charge on any atom is -0.387 e. The summed E-state index contributed by atoms with van der Waals surface area (Å²) in [6.45, 7) is 3.16. The Labute approximate surface area is 120 Å². The van der Waals surface area contributed by atoms with Gasteiger partial charge in [-0.1, -0.05) is 19.8 Å². The van der Waals surface area contributed by atoms with Crippen LogP contribution in [-0.4, -0.2) is 34.6 Å². The molecule has 1 aliphatic rings. The van der Waals surface area contributed by atoms with Crippen LogP contribution in [0.2, 0.25) is 0 Å². The summed E-state index contributed by atoms with van der Waals surface area (Å²) in [6.07, 6.45) is 6.38. The zero-order valence-corrected chi connectivity index (χ0v) is 12.4. The topological polar surface area (TPSA) is 36.4 Å². The molecule has 1 fully saturated rings. The maximum absolute atomic E-state index is 12.8. The molecule has 0 aromatic carbocycles. The third kappa shape index (κ3) is 4.00. The number of aliphatic hydroxyl groups is 1. The Balaban J connectivity index is 1.83. The number of nitrogens with zero attached hydrogens (tertiary/aromatic N) is 2. The van der Waals surface area contributed by atoms with E-state index in [0.29, 0.717) is 18.2 Å². The predicted octanol–water partition coefficient (Wildman–Crippen LogP) is 3.15. The first-order valence-electron chi connectivity index (χ1n) is 7.57. The van der Waals surface area contributed by atoms with Crippen molar-refractivity contribution in [3.8, 4) is 0 Å². The summed E-state index contributed by atoms with van der Waals surface area (Å²) in [4.78, 5) is 6.30. The van der Waals surface area contributed by atoms with Crippen molar-refractivity contribution in [2.75, 3.05) is 13.6 Å². The van der Waals surface area contributed by atoms with Crippen molar-refractivity contribution in [2.45, 2.75) is 51.2 Å². The van der Waals surface area contributed by atoms with E-state index in [-0.39, 0.29) is 5.82 Å². The van der Waals surface area contributed by atoms with Gasteiger partial charge in [0.25, 0.3) is 0 Å². The molecule has 0 saturated heterocycles. The highest BCUT2D eigenvalue weighted by Crippen LogP contribution is 2.28. The lowest BCUT2D eigenvalue weighted by atomic mass is 9.85. The number of hydrogen-bond acceptors (Lipinski definition) is 3. The summed E-state index contributed by atoms with van der Waals surface area (Å²) >= 11 is 0. The van der Waals surface area contributed by atoms with Crippen molar-refractivity contribution >= 4 is 0 Å². The lowest BCUT2D eigenvalue weighted by molar-refractivity contribution is 0.101. The van der Waals surface area contributed by atoms with Crippen molar-refractivity contribution in [1.29, 1.82) is 0 Å².